The zero-order chi connectivity index (χ0) is 13.1. The van der Waals surface area contributed by atoms with Crippen LogP contribution in [0.15, 0.2) is 48.1 Å². The van der Waals surface area contributed by atoms with Crippen molar-refractivity contribution in [2.45, 2.75) is 12.5 Å². The first-order valence-electron chi connectivity index (χ1n) is 6.28. The average molecular weight is 269 g/mol. The van der Waals surface area contributed by atoms with Gasteiger partial charge in [-0.15, -0.1) is 11.3 Å². The highest BCUT2D eigenvalue weighted by Gasteiger charge is 2.14. The Labute approximate surface area is 116 Å². The van der Waals surface area contributed by atoms with E-state index >= 15 is 0 Å². The highest BCUT2D eigenvalue weighted by atomic mass is 32.1. The highest BCUT2D eigenvalue weighted by molar-refractivity contribution is 7.09. The fraction of sp³-hybridized carbons (Fsp3) is 0.200. The van der Waals surface area contributed by atoms with E-state index in [1.807, 2.05) is 30.9 Å². The Morgan fingerprint density at radius 2 is 2.11 bits per heavy atom. The molecule has 3 nitrogen and oxygen atoms in total. The molecule has 4 heteroatoms. The summed E-state index contributed by atoms with van der Waals surface area (Å²) in [6, 6.07) is 10.7. The van der Waals surface area contributed by atoms with E-state index in [-0.39, 0.29) is 6.04 Å². The maximum atomic E-state index is 4.41. The zero-order valence-electron chi connectivity index (χ0n) is 10.7. The molecular weight excluding hydrogens is 254 g/mol. The molecule has 0 bridgehead atoms. The lowest BCUT2D eigenvalue weighted by atomic mass is 9.99. The number of aromatic nitrogens is 2. The fourth-order valence-electron chi connectivity index (χ4n) is 2.33. The van der Waals surface area contributed by atoms with Gasteiger partial charge in [0.05, 0.1) is 10.5 Å². The normalized spacial score (nSPS) is 12.7. The number of likely N-dealkylation sites (N-methyl/N-ethyl adjacent to an activating group) is 1. The molecule has 0 aliphatic rings. The van der Waals surface area contributed by atoms with Gasteiger partial charge in [-0.05, 0) is 24.7 Å². The van der Waals surface area contributed by atoms with Gasteiger partial charge in [0.25, 0.3) is 0 Å². The minimum atomic E-state index is 0.263. The second kappa shape index (κ2) is 5.47. The van der Waals surface area contributed by atoms with Crippen LogP contribution in [0.5, 0.6) is 0 Å². The van der Waals surface area contributed by atoms with Gasteiger partial charge in [-0.2, -0.15) is 0 Å². The molecule has 1 aromatic carbocycles. The van der Waals surface area contributed by atoms with Crippen LogP contribution in [0.2, 0.25) is 0 Å². The number of fused-ring (bicyclic) bond motifs is 1. The van der Waals surface area contributed by atoms with Crippen molar-refractivity contribution in [3.63, 3.8) is 0 Å². The molecule has 0 amide bonds. The van der Waals surface area contributed by atoms with Gasteiger partial charge < -0.3 is 5.32 Å². The van der Waals surface area contributed by atoms with Gasteiger partial charge in [0, 0.05) is 35.6 Å². The van der Waals surface area contributed by atoms with Gasteiger partial charge in [0.1, 0.15) is 0 Å². The number of nitrogens with zero attached hydrogens (tertiary/aromatic N) is 2. The van der Waals surface area contributed by atoms with Crippen molar-refractivity contribution in [2.24, 2.45) is 0 Å². The summed E-state index contributed by atoms with van der Waals surface area (Å²) >= 11 is 1.70. The van der Waals surface area contributed by atoms with Crippen LogP contribution in [0.1, 0.15) is 16.6 Å². The summed E-state index contributed by atoms with van der Waals surface area (Å²) < 4.78 is 0. The van der Waals surface area contributed by atoms with Gasteiger partial charge in [0.15, 0.2) is 0 Å². The Balaban J connectivity index is 2.01. The third kappa shape index (κ3) is 2.50. The standard InChI is InChI=1S/C15H15N3S/c1-16-14(10-15-18-8-9-19-15)12-4-2-6-13-11(12)5-3-7-17-13/h2-9,14,16H,10H2,1H3. The van der Waals surface area contributed by atoms with Gasteiger partial charge >= 0.3 is 0 Å². The lowest BCUT2D eigenvalue weighted by molar-refractivity contribution is 0.594. The van der Waals surface area contributed by atoms with Crippen molar-refractivity contribution < 1.29 is 0 Å². The molecule has 1 atom stereocenters. The minimum absolute atomic E-state index is 0.263. The van der Waals surface area contributed by atoms with Gasteiger partial charge in [-0.25, -0.2) is 4.98 Å². The van der Waals surface area contributed by atoms with Crippen molar-refractivity contribution in [1.82, 2.24) is 15.3 Å². The minimum Gasteiger partial charge on any atom is -0.313 e. The number of hydrogen-bond acceptors (Lipinski definition) is 4. The second-order valence-electron chi connectivity index (χ2n) is 4.39. The van der Waals surface area contributed by atoms with E-state index in [0.29, 0.717) is 0 Å². The summed E-state index contributed by atoms with van der Waals surface area (Å²) in [5.74, 6) is 0. The molecule has 2 aromatic heterocycles. The molecule has 96 valence electrons. The van der Waals surface area contributed by atoms with Crippen molar-refractivity contribution >= 4 is 22.2 Å². The molecule has 0 saturated heterocycles. The van der Waals surface area contributed by atoms with E-state index in [4.69, 9.17) is 0 Å². The molecule has 3 aromatic rings. The SMILES string of the molecule is CNC(Cc1nccs1)c1cccc2ncccc12. The molecule has 0 aliphatic carbocycles. The van der Waals surface area contributed by atoms with E-state index in [1.54, 1.807) is 11.3 Å². The van der Waals surface area contributed by atoms with Crippen LogP contribution in [-0.4, -0.2) is 17.0 Å². The van der Waals surface area contributed by atoms with Crippen LogP contribution in [-0.2, 0) is 6.42 Å². The first-order chi connectivity index (χ1) is 9.38. The Morgan fingerprint density at radius 1 is 1.16 bits per heavy atom. The maximum absolute atomic E-state index is 4.41. The van der Waals surface area contributed by atoms with Crippen LogP contribution < -0.4 is 5.32 Å². The number of pyridine rings is 1. The van der Waals surface area contributed by atoms with E-state index in [1.165, 1.54) is 10.9 Å². The summed E-state index contributed by atoms with van der Waals surface area (Å²) in [4.78, 5) is 8.79. The van der Waals surface area contributed by atoms with E-state index in [9.17, 15) is 0 Å². The molecule has 19 heavy (non-hydrogen) atoms. The molecule has 1 unspecified atom stereocenters. The van der Waals surface area contributed by atoms with E-state index < -0.39 is 0 Å². The van der Waals surface area contributed by atoms with Crippen LogP contribution >= 0.6 is 11.3 Å². The van der Waals surface area contributed by atoms with Crippen molar-refractivity contribution in [2.75, 3.05) is 7.05 Å². The Kier molecular flexibility index (Phi) is 3.53. The smallest absolute Gasteiger partial charge is 0.0943 e. The van der Waals surface area contributed by atoms with Crippen molar-refractivity contribution in [1.29, 1.82) is 0 Å². The predicted molar refractivity (Wildman–Crippen MR) is 79.4 cm³/mol. The third-order valence-electron chi connectivity index (χ3n) is 3.27. The van der Waals surface area contributed by atoms with Gasteiger partial charge in [-0.3, -0.25) is 4.98 Å². The largest absolute Gasteiger partial charge is 0.313 e. The quantitative estimate of drug-likeness (QED) is 0.790. The molecule has 1 N–H and O–H groups in total. The molecule has 0 fully saturated rings. The number of hydrogen-bond donors (Lipinski definition) is 1. The molecule has 2 heterocycles. The molecule has 3 rings (SSSR count). The molecular formula is C15H15N3S. The van der Waals surface area contributed by atoms with Crippen LogP contribution in [0.4, 0.5) is 0 Å². The molecule has 0 radical (unpaired) electrons. The monoisotopic (exact) mass is 269 g/mol. The molecule has 0 spiro atoms. The van der Waals surface area contributed by atoms with Crippen LogP contribution in [0.25, 0.3) is 10.9 Å². The first-order valence-corrected chi connectivity index (χ1v) is 7.15. The molecule has 0 saturated carbocycles. The number of rotatable bonds is 4. The fourth-order valence-corrected chi connectivity index (χ4v) is 2.99. The third-order valence-corrected chi connectivity index (χ3v) is 4.07. The lowest BCUT2D eigenvalue weighted by Gasteiger charge is -2.17. The summed E-state index contributed by atoms with van der Waals surface area (Å²) in [7, 11) is 1.99. The van der Waals surface area contributed by atoms with Gasteiger partial charge in [-0.1, -0.05) is 18.2 Å². The second-order valence-corrected chi connectivity index (χ2v) is 5.37. The van der Waals surface area contributed by atoms with Crippen LogP contribution in [0.3, 0.4) is 0 Å². The highest BCUT2D eigenvalue weighted by Crippen LogP contribution is 2.26. The predicted octanol–water partition coefficient (Wildman–Crippen LogP) is 3.19. The van der Waals surface area contributed by atoms with Crippen molar-refractivity contribution in [3.05, 3.63) is 58.7 Å². The lowest BCUT2D eigenvalue weighted by Crippen LogP contribution is -2.19. The number of nitrogens with one attached hydrogen (secondary N) is 1. The summed E-state index contributed by atoms with van der Waals surface area (Å²) in [6.07, 6.45) is 4.60. The number of benzene rings is 1. The average Bonchev–Trinajstić information content (AvgIpc) is 2.97. The Morgan fingerprint density at radius 3 is 2.89 bits per heavy atom. The summed E-state index contributed by atoms with van der Waals surface area (Å²) in [5, 5.41) is 7.77. The number of thiazole rings is 1. The van der Waals surface area contributed by atoms with Crippen LogP contribution in [0, 0.1) is 0 Å². The van der Waals surface area contributed by atoms with Gasteiger partial charge in [0.2, 0.25) is 0 Å². The van der Waals surface area contributed by atoms with E-state index in [2.05, 4.69) is 39.6 Å². The first kappa shape index (κ1) is 12.3. The molecule has 0 aliphatic heterocycles. The Hall–Kier alpha value is -1.78. The zero-order valence-corrected chi connectivity index (χ0v) is 11.5. The Bertz CT molecular complexity index is 659. The van der Waals surface area contributed by atoms with E-state index in [0.717, 1.165) is 16.9 Å². The summed E-state index contributed by atoms with van der Waals surface area (Å²) in [5.41, 5.74) is 2.32. The summed E-state index contributed by atoms with van der Waals surface area (Å²) in [6.45, 7) is 0. The maximum Gasteiger partial charge on any atom is 0.0943 e. The topological polar surface area (TPSA) is 37.8 Å². The van der Waals surface area contributed by atoms with Crippen molar-refractivity contribution in [3.8, 4) is 0 Å².